The number of hydrogen-bond acceptors (Lipinski definition) is 3. The average Bonchev–Trinajstić information content (AvgIpc) is 2.86. The van der Waals surface area contributed by atoms with Crippen molar-refractivity contribution in [2.75, 3.05) is 19.7 Å². The minimum absolute atomic E-state index is 0.0672. The molecule has 0 saturated carbocycles. The Labute approximate surface area is 194 Å². The molecule has 1 saturated heterocycles. The summed E-state index contributed by atoms with van der Waals surface area (Å²) in [6, 6.07) is 25.3. The summed E-state index contributed by atoms with van der Waals surface area (Å²) in [4.78, 5) is 31.6. The molecule has 0 bridgehead atoms. The van der Waals surface area contributed by atoms with E-state index in [4.69, 9.17) is 4.74 Å². The summed E-state index contributed by atoms with van der Waals surface area (Å²) >= 11 is 0. The van der Waals surface area contributed by atoms with Crippen LogP contribution in [0.2, 0.25) is 0 Å². The predicted molar refractivity (Wildman–Crippen MR) is 126 cm³/mol. The maximum absolute atomic E-state index is 12.9. The van der Waals surface area contributed by atoms with Gasteiger partial charge in [0.1, 0.15) is 11.2 Å². The average molecular weight is 444 g/mol. The number of rotatable bonds is 7. The number of piperidine rings is 1. The maximum Gasteiger partial charge on any atom is 0.250 e. The van der Waals surface area contributed by atoms with Crippen LogP contribution in [0.5, 0.6) is 5.75 Å². The van der Waals surface area contributed by atoms with Gasteiger partial charge in [-0.1, -0.05) is 54.6 Å². The fourth-order valence-corrected chi connectivity index (χ4v) is 3.99. The fraction of sp³-hybridized carbons (Fsp3) is 0.296. The third-order valence-electron chi connectivity index (χ3n) is 5.86. The number of amides is 2. The molecule has 3 aromatic rings. The van der Waals surface area contributed by atoms with Crippen LogP contribution in [-0.4, -0.2) is 41.0 Å². The highest BCUT2D eigenvalue weighted by atomic mass is 16.5. The first-order valence-electron chi connectivity index (χ1n) is 11.4. The number of likely N-dealkylation sites (tertiary alicyclic amines) is 1. The monoisotopic (exact) mass is 443 g/mol. The molecule has 1 aromatic heterocycles. The third-order valence-corrected chi connectivity index (χ3v) is 5.86. The molecule has 0 spiro atoms. The highest BCUT2D eigenvalue weighted by Gasteiger charge is 2.27. The molecule has 1 aliphatic rings. The van der Waals surface area contributed by atoms with Crippen LogP contribution in [-0.2, 0) is 16.1 Å². The Morgan fingerprint density at radius 1 is 0.879 bits per heavy atom. The molecule has 0 radical (unpaired) electrons. The second kappa shape index (κ2) is 11.3. The Balaban J connectivity index is 1.30. The topological polar surface area (TPSA) is 63.9 Å². The summed E-state index contributed by atoms with van der Waals surface area (Å²) in [6.45, 7) is 2.17. The molecule has 33 heavy (non-hydrogen) atoms. The Morgan fingerprint density at radius 2 is 1.55 bits per heavy atom. The zero-order valence-corrected chi connectivity index (χ0v) is 18.7. The van der Waals surface area contributed by atoms with Crippen molar-refractivity contribution in [3.05, 3.63) is 96.1 Å². The van der Waals surface area contributed by atoms with E-state index in [0.29, 0.717) is 51.0 Å². The smallest absolute Gasteiger partial charge is 0.250 e. The van der Waals surface area contributed by atoms with Gasteiger partial charge in [-0.25, -0.2) is 0 Å². The van der Waals surface area contributed by atoms with Crippen LogP contribution in [0.3, 0.4) is 0 Å². The van der Waals surface area contributed by atoms with Crippen molar-refractivity contribution in [1.29, 1.82) is 0 Å². The zero-order valence-electron chi connectivity index (χ0n) is 18.7. The summed E-state index contributed by atoms with van der Waals surface area (Å²) in [5.74, 6) is 0.571. The SMILES string of the molecule is O=C(N=c1ccccn1Cc1ccccc1)C1CCN(C(=O)CCOc2ccccc2)CC1. The largest absolute Gasteiger partial charge is 0.493 e. The van der Waals surface area contributed by atoms with Gasteiger partial charge in [0.2, 0.25) is 5.91 Å². The lowest BCUT2D eigenvalue weighted by Gasteiger charge is -2.30. The molecule has 0 unspecified atom stereocenters. The first-order valence-corrected chi connectivity index (χ1v) is 11.4. The van der Waals surface area contributed by atoms with Gasteiger partial charge in [-0.15, -0.1) is 0 Å². The Hall–Kier alpha value is -3.67. The molecule has 6 heteroatoms. The van der Waals surface area contributed by atoms with E-state index in [1.54, 1.807) is 0 Å². The number of carbonyl (C=O) groups is 2. The number of benzene rings is 2. The molecule has 2 heterocycles. The minimum atomic E-state index is -0.153. The standard InChI is InChI=1S/C27H29N3O3/c31-26(16-20-33-24-11-5-2-6-12-24)29-18-14-23(15-19-29)27(32)28-25-13-7-8-17-30(25)21-22-9-3-1-4-10-22/h1-13,17,23H,14-16,18-21H2. The van der Waals surface area contributed by atoms with Gasteiger partial charge in [0.25, 0.3) is 5.91 Å². The summed E-state index contributed by atoms with van der Waals surface area (Å²) in [7, 11) is 0. The number of para-hydroxylation sites is 1. The van der Waals surface area contributed by atoms with Crippen molar-refractivity contribution in [3.63, 3.8) is 0 Å². The lowest BCUT2D eigenvalue weighted by Crippen LogP contribution is -2.40. The normalized spacial score (nSPS) is 14.8. The number of nitrogens with zero attached hydrogens (tertiary/aromatic N) is 3. The number of pyridine rings is 1. The van der Waals surface area contributed by atoms with E-state index in [1.807, 2.05) is 82.4 Å². The van der Waals surface area contributed by atoms with E-state index in [0.717, 1.165) is 11.3 Å². The van der Waals surface area contributed by atoms with Crippen LogP contribution in [0.4, 0.5) is 0 Å². The molecule has 1 aliphatic heterocycles. The fourth-order valence-electron chi connectivity index (χ4n) is 3.99. The van der Waals surface area contributed by atoms with E-state index in [1.165, 1.54) is 0 Å². The number of carbonyl (C=O) groups excluding carboxylic acids is 2. The molecule has 1 fully saturated rings. The van der Waals surface area contributed by atoms with Crippen molar-refractivity contribution in [2.45, 2.75) is 25.8 Å². The van der Waals surface area contributed by atoms with Gasteiger partial charge in [-0.2, -0.15) is 4.99 Å². The quantitative estimate of drug-likeness (QED) is 0.560. The number of ether oxygens (including phenoxy) is 1. The summed E-state index contributed by atoms with van der Waals surface area (Å²) in [5, 5.41) is 0. The van der Waals surface area contributed by atoms with Crippen LogP contribution >= 0.6 is 0 Å². The van der Waals surface area contributed by atoms with Crippen molar-refractivity contribution < 1.29 is 14.3 Å². The highest BCUT2D eigenvalue weighted by Crippen LogP contribution is 2.19. The zero-order chi connectivity index (χ0) is 22.9. The van der Waals surface area contributed by atoms with E-state index in [-0.39, 0.29) is 17.7 Å². The van der Waals surface area contributed by atoms with Crippen molar-refractivity contribution in [2.24, 2.45) is 10.9 Å². The third kappa shape index (κ3) is 6.42. The summed E-state index contributed by atoms with van der Waals surface area (Å²) < 4.78 is 7.61. The van der Waals surface area contributed by atoms with Crippen LogP contribution in [0.1, 0.15) is 24.8 Å². The summed E-state index contributed by atoms with van der Waals surface area (Å²) in [6.07, 6.45) is 3.55. The Kier molecular flexibility index (Phi) is 7.69. The van der Waals surface area contributed by atoms with Gasteiger partial charge in [-0.3, -0.25) is 9.59 Å². The van der Waals surface area contributed by atoms with Gasteiger partial charge < -0.3 is 14.2 Å². The van der Waals surface area contributed by atoms with E-state index < -0.39 is 0 Å². The maximum atomic E-state index is 12.9. The van der Waals surface area contributed by atoms with Crippen molar-refractivity contribution in [1.82, 2.24) is 9.47 Å². The second-order valence-electron chi connectivity index (χ2n) is 8.19. The lowest BCUT2D eigenvalue weighted by atomic mass is 9.96. The number of hydrogen-bond donors (Lipinski definition) is 0. The lowest BCUT2D eigenvalue weighted by molar-refractivity contribution is -0.135. The molecule has 0 atom stereocenters. The van der Waals surface area contributed by atoms with Crippen LogP contribution in [0.25, 0.3) is 0 Å². The molecule has 2 aromatic carbocycles. The minimum Gasteiger partial charge on any atom is -0.493 e. The Morgan fingerprint density at radius 3 is 2.27 bits per heavy atom. The van der Waals surface area contributed by atoms with Crippen LogP contribution in [0.15, 0.2) is 90.1 Å². The van der Waals surface area contributed by atoms with Gasteiger partial charge in [-0.05, 0) is 42.7 Å². The van der Waals surface area contributed by atoms with Gasteiger partial charge in [0.15, 0.2) is 0 Å². The van der Waals surface area contributed by atoms with Crippen molar-refractivity contribution >= 4 is 11.8 Å². The van der Waals surface area contributed by atoms with E-state index in [2.05, 4.69) is 17.1 Å². The van der Waals surface area contributed by atoms with Crippen molar-refractivity contribution in [3.8, 4) is 5.75 Å². The molecule has 0 aliphatic carbocycles. The first kappa shape index (κ1) is 22.5. The first-order chi connectivity index (χ1) is 16.2. The second-order valence-corrected chi connectivity index (χ2v) is 8.19. The summed E-state index contributed by atoms with van der Waals surface area (Å²) in [5.41, 5.74) is 1.81. The predicted octanol–water partition coefficient (Wildman–Crippen LogP) is 3.67. The van der Waals surface area contributed by atoms with Gasteiger partial charge in [0.05, 0.1) is 13.0 Å². The Bertz CT molecular complexity index is 1120. The number of aromatic nitrogens is 1. The molecular formula is C27H29N3O3. The highest BCUT2D eigenvalue weighted by molar-refractivity contribution is 5.80. The van der Waals surface area contributed by atoms with Gasteiger partial charge >= 0.3 is 0 Å². The molecule has 170 valence electrons. The van der Waals surface area contributed by atoms with E-state index >= 15 is 0 Å². The van der Waals surface area contributed by atoms with Gasteiger partial charge in [0, 0.05) is 31.7 Å². The molecule has 0 N–H and O–H groups in total. The molecular weight excluding hydrogens is 414 g/mol. The van der Waals surface area contributed by atoms with Crippen LogP contribution in [0, 0.1) is 5.92 Å². The van der Waals surface area contributed by atoms with E-state index in [9.17, 15) is 9.59 Å². The molecule has 2 amide bonds. The molecule has 6 nitrogen and oxygen atoms in total. The molecule has 4 rings (SSSR count). The van der Waals surface area contributed by atoms with Crippen LogP contribution < -0.4 is 10.2 Å².